The number of benzene rings is 1. The van der Waals surface area contributed by atoms with Gasteiger partial charge in [-0.05, 0) is 36.3 Å². The molecule has 0 atom stereocenters. The van der Waals surface area contributed by atoms with Crippen LogP contribution in [-0.4, -0.2) is 15.2 Å². The minimum absolute atomic E-state index is 0.501. The molecule has 2 aromatic rings. The maximum atomic E-state index is 5.79. The Morgan fingerprint density at radius 1 is 1.13 bits per heavy atom. The van der Waals surface area contributed by atoms with Gasteiger partial charge in [-0.15, -0.1) is 0 Å². The second kappa shape index (κ2) is 4.59. The summed E-state index contributed by atoms with van der Waals surface area (Å²) in [5.41, 5.74) is 1.24. The Hall–Kier alpha value is -1.13. The van der Waals surface area contributed by atoms with E-state index >= 15 is 0 Å². The van der Waals surface area contributed by atoms with E-state index in [2.05, 4.69) is 15.2 Å². The summed E-state index contributed by atoms with van der Waals surface area (Å²) in [5.74, 6) is 0.884. The van der Waals surface area contributed by atoms with Gasteiger partial charge in [0, 0.05) is 11.4 Å². The normalized spacial score (nSPS) is 10.5. The van der Waals surface area contributed by atoms with Crippen molar-refractivity contribution in [2.24, 2.45) is 0 Å². The van der Waals surface area contributed by atoms with Gasteiger partial charge in [0.15, 0.2) is 0 Å². The zero-order valence-electron chi connectivity index (χ0n) is 7.96. The molecule has 5 heteroatoms. The lowest BCUT2D eigenvalue weighted by Crippen LogP contribution is -1.93. The summed E-state index contributed by atoms with van der Waals surface area (Å²) in [6, 6.07) is 7.82. The number of aromatic amines is 2. The summed E-state index contributed by atoms with van der Waals surface area (Å²) < 4.78 is 0.501. The summed E-state index contributed by atoms with van der Waals surface area (Å²) in [7, 11) is 0. The number of nitrogens with zero attached hydrogens (tertiary/aromatic N) is 1. The Balaban J connectivity index is 1.99. The zero-order chi connectivity index (χ0) is 10.7. The lowest BCUT2D eigenvalue weighted by atomic mass is 10.1. The van der Waals surface area contributed by atoms with Gasteiger partial charge in [0.05, 0.1) is 0 Å². The average Bonchev–Trinajstić information content (AvgIpc) is 2.64. The van der Waals surface area contributed by atoms with Crippen LogP contribution in [0.2, 0.25) is 5.02 Å². The van der Waals surface area contributed by atoms with Gasteiger partial charge in [0.25, 0.3) is 0 Å². The summed E-state index contributed by atoms with van der Waals surface area (Å²) in [4.78, 5) is 4.12. The molecule has 1 heterocycles. The number of rotatable bonds is 3. The van der Waals surface area contributed by atoms with Gasteiger partial charge >= 0.3 is 0 Å². The highest BCUT2D eigenvalue weighted by Gasteiger charge is 1.98. The van der Waals surface area contributed by atoms with Crippen molar-refractivity contribution in [3.63, 3.8) is 0 Å². The molecule has 15 heavy (non-hydrogen) atoms. The molecule has 0 saturated heterocycles. The van der Waals surface area contributed by atoms with Crippen LogP contribution in [0.4, 0.5) is 0 Å². The largest absolute Gasteiger partial charge is 0.286 e. The van der Waals surface area contributed by atoms with Crippen molar-refractivity contribution in [3.8, 4) is 0 Å². The molecule has 2 N–H and O–H groups in total. The van der Waals surface area contributed by atoms with Gasteiger partial charge in [-0.1, -0.05) is 23.7 Å². The number of H-pyrrole nitrogens is 2. The fourth-order valence-electron chi connectivity index (χ4n) is 1.34. The molecule has 1 aromatic carbocycles. The second-order valence-corrected chi connectivity index (χ2v) is 4.06. The third-order valence-electron chi connectivity index (χ3n) is 2.11. The van der Waals surface area contributed by atoms with Crippen molar-refractivity contribution in [2.45, 2.75) is 12.8 Å². The van der Waals surface area contributed by atoms with Crippen molar-refractivity contribution in [3.05, 3.63) is 45.4 Å². The molecule has 0 spiro atoms. The Morgan fingerprint density at radius 3 is 2.47 bits per heavy atom. The standard InChI is InChI=1S/C10H10ClN3S/c11-8-4-1-7(2-5-8)3-6-9-12-10(15)14-13-9/h1-2,4-5H,3,6H2,(H2,12,13,14,15). The number of nitrogens with one attached hydrogen (secondary N) is 2. The molecule has 0 unspecified atom stereocenters. The van der Waals surface area contributed by atoms with E-state index in [0.717, 1.165) is 23.7 Å². The van der Waals surface area contributed by atoms with Gasteiger partial charge in [-0.2, -0.15) is 0 Å². The molecule has 0 bridgehead atoms. The summed E-state index contributed by atoms with van der Waals surface area (Å²) in [6.45, 7) is 0. The van der Waals surface area contributed by atoms with Crippen LogP contribution in [0.15, 0.2) is 24.3 Å². The topological polar surface area (TPSA) is 44.5 Å². The number of hydrogen-bond acceptors (Lipinski definition) is 2. The molecule has 78 valence electrons. The number of aryl methyl sites for hydroxylation is 2. The van der Waals surface area contributed by atoms with Gasteiger partial charge in [-0.25, -0.2) is 4.98 Å². The maximum absolute atomic E-state index is 5.79. The van der Waals surface area contributed by atoms with E-state index in [1.54, 1.807) is 0 Å². The Labute approximate surface area is 97.5 Å². The number of aromatic nitrogens is 3. The minimum atomic E-state index is 0.501. The Kier molecular flexibility index (Phi) is 3.18. The quantitative estimate of drug-likeness (QED) is 0.809. The van der Waals surface area contributed by atoms with E-state index in [1.165, 1.54) is 5.56 Å². The SMILES string of the molecule is S=c1nc(CCc2ccc(Cl)cc2)[nH][nH]1. The van der Waals surface area contributed by atoms with Gasteiger partial charge in [0.1, 0.15) is 5.82 Å². The molecule has 0 radical (unpaired) electrons. The Morgan fingerprint density at radius 2 is 1.87 bits per heavy atom. The van der Waals surface area contributed by atoms with Crippen LogP contribution in [0, 0.1) is 4.77 Å². The van der Waals surface area contributed by atoms with Gasteiger partial charge in [-0.3, -0.25) is 10.2 Å². The summed E-state index contributed by atoms with van der Waals surface area (Å²) in [5, 5.41) is 6.45. The first kappa shape index (κ1) is 10.4. The first-order valence-electron chi connectivity index (χ1n) is 4.62. The lowest BCUT2D eigenvalue weighted by Gasteiger charge is -1.98. The second-order valence-electron chi connectivity index (χ2n) is 3.24. The smallest absolute Gasteiger partial charge is 0.213 e. The summed E-state index contributed by atoms with van der Waals surface area (Å²) in [6.07, 6.45) is 1.77. The molecule has 0 amide bonds. The minimum Gasteiger partial charge on any atom is -0.286 e. The molecule has 0 fully saturated rings. The van der Waals surface area contributed by atoms with E-state index in [9.17, 15) is 0 Å². The van der Waals surface area contributed by atoms with Crippen LogP contribution in [0.3, 0.4) is 0 Å². The van der Waals surface area contributed by atoms with Crippen molar-refractivity contribution >= 4 is 23.8 Å². The highest BCUT2D eigenvalue weighted by Crippen LogP contribution is 2.10. The van der Waals surface area contributed by atoms with E-state index in [4.69, 9.17) is 23.8 Å². The zero-order valence-corrected chi connectivity index (χ0v) is 9.53. The Bertz CT molecular complexity index is 486. The summed E-state index contributed by atoms with van der Waals surface area (Å²) >= 11 is 10.7. The third-order valence-corrected chi connectivity index (χ3v) is 2.56. The van der Waals surface area contributed by atoms with Crippen LogP contribution in [-0.2, 0) is 12.8 Å². The van der Waals surface area contributed by atoms with Crippen LogP contribution in [0.1, 0.15) is 11.4 Å². The molecule has 0 aliphatic rings. The molecule has 0 saturated carbocycles. The first-order valence-corrected chi connectivity index (χ1v) is 5.41. The third kappa shape index (κ3) is 2.91. The number of hydrogen-bond donors (Lipinski definition) is 2. The molecule has 2 rings (SSSR count). The van der Waals surface area contributed by atoms with Crippen LogP contribution in [0.25, 0.3) is 0 Å². The van der Waals surface area contributed by atoms with E-state index in [1.807, 2.05) is 24.3 Å². The molecule has 0 aliphatic carbocycles. The monoisotopic (exact) mass is 239 g/mol. The predicted molar refractivity (Wildman–Crippen MR) is 62.6 cm³/mol. The average molecular weight is 240 g/mol. The maximum Gasteiger partial charge on any atom is 0.213 e. The van der Waals surface area contributed by atoms with E-state index in [0.29, 0.717) is 4.77 Å². The van der Waals surface area contributed by atoms with Crippen LogP contribution in [0.5, 0.6) is 0 Å². The molecular weight excluding hydrogens is 230 g/mol. The van der Waals surface area contributed by atoms with Crippen LogP contribution >= 0.6 is 23.8 Å². The van der Waals surface area contributed by atoms with Gasteiger partial charge in [0.2, 0.25) is 4.77 Å². The lowest BCUT2D eigenvalue weighted by molar-refractivity contribution is 0.865. The fourth-order valence-corrected chi connectivity index (χ4v) is 1.62. The van der Waals surface area contributed by atoms with E-state index in [-0.39, 0.29) is 0 Å². The van der Waals surface area contributed by atoms with Gasteiger partial charge < -0.3 is 0 Å². The van der Waals surface area contributed by atoms with E-state index < -0.39 is 0 Å². The molecular formula is C10H10ClN3S. The first-order chi connectivity index (χ1) is 7.24. The molecule has 3 nitrogen and oxygen atoms in total. The van der Waals surface area contributed by atoms with Crippen molar-refractivity contribution in [2.75, 3.05) is 0 Å². The fraction of sp³-hybridized carbons (Fsp3) is 0.200. The number of halogens is 1. The van der Waals surface area contributed by atoms with Crippen molar-refractivity contribution in [1.29, 1.82) is 0 Å². The van der Waals surface area contributed by atoms with Crippen molar-refractivity contribution in [1.82, 2.24) is 15.2 Å². The van der Waals surface area contributed by atoms with Crippen molar-refractivity contribution < 1.29 is 0 Å². The molecule has 1 aromatic heterocycles. The molecule has 0 aliphatic heterocycles. The predicted octanol–water partition coefficient (Wildman–Crippen LogP) is 2.91. The highest BCUT2D eigenvalue weighted by atomic mass is 35.5. The van der Waals surface area contributed by atoms with Crippen LogP contribution < -0.4 is 0 Å². The highest BCUT2D eigenvalue weighted by molar-refractivity contribution is 7.71.